The van der Waals surface area contributed by atoms with Gasteiger partial charge in [-0.2, -0.15) is 0 Å². The molecule has 0 unspecified atom stereocenters. The fraction of sp³-hybridized carbons (Fsp3) is 0.167. The largest absolute Gasteiger partial charge is 0.508 e. The van der Waals surface area contributed by atoms with Crippen LogP contribution in [-0.4, -0.2) is 28.6 Å². The number of phenolic OH excluding ortho intramolecular Hbond substituents is 1. The third-order valence-corrected chi connectivity index (χ3v) is 1.91. The Bertz CT molecular complexity index is 444. The average Bonchev–Trinajstić information content (AvgIpc) is 2.30. The van der Waals surface area contributed by atoms with Gasteiger partial charge in [0.25, 0.3) is 5.78 Å². The molecule has 0 aliphatic carbocycles. The summed E-state index contributed by atoms with van der Waals surface area (Å²) in [6.45, 7) is 1.67. The molecule has 0 atom stereocenters. The molecule has 0 amide bonds. The molecule has 1 aromatic carbocycles. The van der Waals surface area contributed by atoms with Gasteiger partial charge in [0.1, 0.15) is 11.5 Å². The van der Waals surface area contributed by atoms with E-state index in [1.165, 1.54) is 24.3 Å². The van der Waals surface area contributed by atoms with Gasteiger partial charge in [0.2, 0.25) is 0 Å². The van der Waals surface area contributed by atoms with E-state index in [1.54, 1.807) is 6.92 Å². The lowest BCUT2D eigenvalue weighted by Crippen LogP contribution is -2.15. The summed E-state index contributed by atoms with van der Waals surface area (Å²) in [4.78, 5) is 22.2. The van der Waals surface area contributed by atoms with Crippen molar-refractivity contribution in [1.82, 2.24) is 0 Å². The number of esters is 1. The topological polar surface area (TPSA) is 83.8 Å². The van der Waals surface area contributed by atoms with Crippen LogP contribution in [0.4, 0.5) is 0 Å². The molecular weight excluding hydrogens is 224 g/mol. The minimum Gasteiger partial charge on any atom is -0.508 e. The second-order valence-corrected chi connectivity index (χ2v) is 3.16. The van der Waals surface area contributed by atoms with E-state index in [2.05, 4.69) is 4.74 Å². The van der Waals surface area contributed by atoms with Gasteiger partial charge < -0.3 is 14.9 Å². The van der Waals surface area contributed by atoms with Crippen molar-refractivity contribution in [1.29, 1.82) is 0 Å². The van der Waals surface area contributed by atoms with Crippen LogP contribution in [0.2, 0.25) is 0 Å². The Balaban J connectivity index is 2.82. The van der Waals surface area contributed by atoms with Crippen LogP contribution < -0.4 is 0 Å². The predicted octanol–water partition coefficient (Wildman–Crippen LogP) is 1.42. The Kier molecular flexibility index (Phi) is 4.28. The first kappa shape index (κ1) is 12.8. The zero-order valence-corrected chi connectivity index (χ0v) is 9.21. The van der Waals surface area contributed by atoms with Crippen molar-refractivity contribution < 1.29 is 24.5 Å². The molecule has 0 saturated heterocycles. The fourth-order valence-electron chi connectivity index (χ4n) is 1.10. The van der Waals surface area contributed by atoms with Crippen molar-refractivity contribution in [2.75, 3.05) is 6.61 Å². The highest BCUT2D eigenvalue weighted by atomic mass is 16.5. The van der Waals surface area contributed by atoms with E-state index in [-0.39, 0.29) is 18.1 Å². The van der Waals surface area contributed by atoms with Gasteiger partial charge in [0.05, 0.1) is 6.61 Å². The molecule has 0 spiro atoms. The van der Waals surface area contributed by atoms with Gasteiger partial charge in [0, 0.05) is 11.6 Å². The maximum atomic E-state index is 11.2. The van der Waals surface area contributed by atoms with Crippen LogP contribution in [0.3, 0.4) is 0 Å². The van der Waals surface area contributed by atoms with Crippen LogP contribution >= 0.6 is 0 Å². The van der Waals surface area contributed by atoms with E-state index in [4.69, 9.17) is 5.11 Å². The van der Waals surface area contributed by atoms with Gasteiger partial charge in [-0.05, 0) is 31.2 Å². The Morgan fingerprint density at radius 3 is 2.41 bits per heavy atom. The number of carbonyl (C=O) groups excluding carboxylic acids is 2. The van der Waals surface area contributed by atoms with Crippen LogP contribution in [0.1, 0.15) is 12.5 Å². The van der Waals surface area contributed by atoms with E-state index < -0.39 is 11.8 Å². The van der Waals surface area contributed by atoms with Gasteiger partial charge in [-0.1, -0.05) is 0 Å². The zero-order valence-electron chi connectivity index (χ0n) is 9.21. The van der Waals surface area contributed by atoms with E-state index in [9.17, 15) is 14.7 Å². The number of benzene rings is 1. The van der Waals surface area contributed by atoms with Crippen molar-refractivity contribution >= 4 is 17.5 Å². The molecule has 5 nitrogen and oxygen atoms in total. The van der Waals surface area contributed by atoms with Gasteiger partial charge >= 0.3 is 5.97 Å². The monoisotopic (exact) mass is 236 g/mol. The normalized spacial score (nSPS) is 11.0. The van der Waals surface area contributed by atoms with Crippen molar-refractivity contribution in [3.8, 4) is 5.75 Å². The highest BCUT2D eigenvalue weighted by molar-refractivity contribution is 6.39. The molecular formula is C12H12O5. The quantitative estimate of drug-likeness (QED) is 0.357. The molecule has 17 heavy (non-hydrogen) atoms. The van der Waals surface area contributed by atoms with Gasteiger partial charge in [0.15, 0.2) is 0 Å². The highest BCUT2D eigenvalue weighted by Crippen LogP contribution is 2.15. The molecule has 2 N–H and O–H groups in total. The van der Waals surface area contributed by atoms with Crippen molar-refractivity contribution in [2.24, 2.45) is 0 Å². The summed E-state index contributed by atoms with van der Waals surface area (Å²) >= 11 is 0. The molecule has 1 aromatic rings. The van der Waals surface area contributed by atoms with Crippen LogP contribution in [-0.2, 0) is 14.3 Å². The average molecular weight is 236 g/mol. The Labute approximate surface area is 98.0 Å². The molecule has 0 aliphatic heterocycles. The lowest BCUT2D eigenvalue weighted by Gasteiger charge is -2.00. The number of ether oxygens (including phenoxy) is 1. The second kappa shape index (κ2) is 5.69. The number of aromatic hydroxyl groups is 1. The number of phenols is 1. The van der Waals surface area contributed by atoms with Crippen molar-refractivity contribution in [2.45, 2.75) is 6.92 Å². The summed E-state index contributed by atoms with van der Waals surface area (Å²) < 4.78 is 4.48. The molecule has 1 rings (SSSR count). The SMILES string of the molecule is CCOC(=O)C(=O)/C=C(\O)c1ccc(O)cc1. The third kappa shape index (κ3) is 3.64. The summed E-state index contributed by atoms with van der Waals surface area (Å²) in [5.41, 5.74) is 0.320. The summed E-state index contributed by atoms with van der Waals surface area (Å²) in [5, 5.41) is 18.6. The summed E-state index contributed by atoms with van der Waals surface area (Å²) in [5.74, 6) is -2.27. The molecule has 0 bridgehead atoms. The summed E-state index contributed by atoms with van der Waals surface area (Å²) in [6, 6.07) is 5.54. The number of hydrogen-bond donors (Lipinski definition) is 2. The van der Waals surface area contributed by atoms with Crippen LogP contribution in [0.25, 0.3) is 5.76 Å². The molecule has 0 fully saturated rings. The number of ketones is 1. The number of rotatable bonds is 4. The van der Waals surface area contributed by atoms with Gasteiger partial charge in [-0.25, -0.2) is 4.79 Å². The van der Waals surface area contributed by atoms with Gasteiger partial charge in [-0.3, -0.25) is 4.79 Å². The minimum atomic E-state index is -1.02. The molecule has 0 saturated carbocycles. The van der Waals surface area contributed by atoms with Crippen molar-refractivity contribution in [3.05, 3.63) is 35.9 Å². The van der Waals surface area contributed by atoms with Crippen LogP contribution in [0, 0.1) is 0 Å². The molecule has 0 radical (unpaired) electrons. The first-order valence-corrected chi connectivity index (χ1v) is 4.95. The number of aliphatic hydroxyl groups excluding tert-OH is 1. The molecule has 90 valence electrons. The maximum absolute atomic E-state index is 11.2. The number of aliphatic hydroxyl groups is 1. The molecule has 0 aliphatic rings. The molecule has 0 heterocycles. The third-order valence-electron chi connectivity index (χ3n) is 1.91. The predicted molar refractivity (Wildman–Crippen MR) is 60.4 cm³/mol. The molecule has 5 heteroatoms. The minimum absolute atomic E-state index is 0.0401. The lowest BCUT2D eigenvalue weighted by molar-refractivity contribution is -0.151. The summed E-state index contributed by atoms with van der Waals surface area (Å²) in [6.07, 6.45) is 0.782. The second-order valence-electron chi connectivity index (χ2n) is 3.16. The summed E-state index contributed by atoms with van der Waals surface area (Å²) in [7, 11) is 0. The smallest absolute Gasteiger partial charge is 0.379 e. The first-order chi connectivity index (χ1) is 8.04. The first-order valence-electron chi connectivity index (χ1n) is 4.95. The van der Waals surface area contributed by atoms with Crippen LogP contribution in [0.15, 0.2) is 30.3 Å². The fourth-order valence-corrected chi connectivity index (χ4v) is 1.10. The number of carbonyl (C=O) groups is 2. The van der Waals surface area contributed by atoms with Gasteiger partial charge in [-0.15, -0.1) is 0 Å². The van der Waals surface area contributed by atoms with Crippen molar-refractivity contribution in [3.63, 3.8) is 0 Å². The standard InChI is InChI=1S/C12H12O5/c1-2-17-12(16)11(15)7-10(14)8-3-5-9(13)6-4-8/h3-7,13-14H,2H2,1H3/b10-7-. The maximum Gasteiger partial charge on any atom is 0.379 e. The van der Waals surface area contributed by atoms with E-state index in [0.29, 0.717) is 5.56 Å². The Morgan fingerprint density at radius 1 is 1.29 bits per heavy atom. The van der Waals surface area contributed by atoms with E-state index in [0.717, 1.165) is 6.08 Å². The Morgan fingerprint density at radius 2 is 1.88 bits per heavy atom. The number of hydrogen-bond acceptors (Lipinski definition) is 5. The van der Waals surface area contributed by atoms with E-state index in [1.807, 2.05) is 0 Å². The molecule has 0 aromatic heterocycles. The lowest BCUT2D eigenvalue weighted by atomic mass is 10.1. The van der Waals surface area contributed by atoms with Crippen LogP contribution in [0.5, 0.6) is 5.75 Å². The Hall–Kier alpha value is -2.30. The zero-order chi connectivity index (χ0) is 12.8. The highest BCUT2D eigenvalue weighted by Gasteiger charge is 2.13. The van der Waals surface area contributed by atoms with E-state index >= 15 is 0 Å².